The van der Waals surface area contributed by atoms with Gasteiger partial charge >= 0.3 is 6.18 Å². The molecule has 0 aromatic rings. The smallest absolute Gasteiger partial charge is 0.346 e. The van der Waals surface area contributed by atoms with Gasteiger partial charge in [-0.3, -0.25) is 9.59 Å². The highest BCUT2D eigenvalue weighted by Gasteiger charge is 2.46. The maximum atomic E-state index is 12.9. The number of amides is 2. The molecule has 1 aliphatic carbocycles. The Bertz CT molecular complexity index is 333. The van der Waals surface area contributed by atoms with Crippen molar-refractivity contribution < 1.29 is 22.8 Å². The second-order valence-electron chi connectivity index (χ2n) is 4.61. The summed E-state index contributed by atoms with van der Waals surface area (Å²) in [7, 11) is 0. The molecule has 0 bridgehead atoms. The van der Waals surface area contributed by atoms with Crippen LogP contribution < -0.4 is 16.4 Å². The minimum absolute atomic E-state index is 0. The van der Waals surface area contributed by atoms with Crippen LogP contribution in [0, 0.1) is 5.92 Å². The molecule has 1 fully saturated rings. The van der Waals surface area contributed by atoms with Gasteiger partial charge in [0.05, 0.1) is 13.1 Å². The van der Waals surface area contributed by atoms with E-state index in [1.54, 1.807) is 0 Å². The van der Waals surface area contributed by atoms with E-state index in [1.807, 2.05) is 5.32 Å². The van der Waals surface area contributed by atoms with Crippen molar-refractivity contribution in [3.05, 3.63) is 0 Å². The monoisotopic (exact) mass is 317 g/mol. The van der Waals surface area contributed by atoms with Crippen LogP contribution in [0.25, 0.3) is 0 Å². The van der Waals surface area contributed by atoms with E-state index >= 15 is 0 Å². The summed E-state index contributed by atoms with van der Waals surface area (Å²) < 4.78 is 38.6. The molecule has 1 aliphatic rings. The molecule has 0 heterocycles. The van der Waals surface area contributed by atoms with Crippen molar-refractivity contribution in [2.45, 2.75) is 37.9 Å². The van der Waals surface area contributed by atoms with Gasteiger partial charge in [-0.05, 0) is 18.8 Å². The van der Waals surface area contributed by atoms with Crippen LogP contribution in [0.15, 0.2) is 0 Å². The number of carbonyl (C=O) groups excluding carboxylic acids is 2. The lowest BCUT2D eigenvalue weighted by molar-refractivity contribution is -0.171. The van der Waals surface area contributed by atoms with Crippen LogP contribution in [0.3, 0.4) is 0 Å². The third-order valence-corrected chi connectivity index (χ3v) is 3.17. The molecule has 0 radical (unpaired) electrons. The van der Waals surface area contributed by atoms with Crippen LogP contribution in [-0.2, 0) is 9.59 Å². The van der Waals surface area contributed by atoms with Gasteiger partial charge < -0.3 is 16.4 Å². The molecular weight excluding hydrogens is 299 g/mol. The lowest BCUT2D eigenvalue weighted by Crippen LogP contribution is -2.52. The van der Waals surface area contributed by atoms with Gasteiger partial charge in [0, 0.05) is 0 Å². The zero-order valence-corrected chi connectivity index (χ0v) is 11.6. The van der Waals surface area contributed by atoms with E-state index in [2.05, 4.69) is 5.32 Å². The molecule has 20 heavy (non-hydrogen) atoms. The van der Waals surface area contributed by atoms with Crippen LogP contribution in [0.1, 0.15) is 25.7 Å². The third kappa shape index (κ3) is 5.96. The highest BCUT2D eigenvalue weighted by Crippen LogP contribution is 2.35. The van der Waals surface area contributed by atoms with Crippen LogP contribution in [0.2, 0.25) is 0 Å². The molecule has 0 aromatic carbocycles. The van der Waals surface area contributed by atoms with E-state index in [9.17, 15) is 22.8 Å². The van der Waals surface area contributed by atoms with Crippen molar-refractivity contribution in [3.8, 4) is 0 Å². The molecule has 118 valence electrons. The predicted molar refractivity (Wildman–Crippen MR) is 69.3 cm³/mol. The number of carbonyl (C=O) groups is 2. The van der Waals surface area contributed by atoms with Crippen LogP contribution >= 0.6 is 12.4 Å². The second kappa shape index (κ2) is 8.31. The normalized spacial score (nSPS) is 17.2. The van der Waals surface area contributed by atoms with Gasteiger partial charge in [-0.15, -0.1) is 12.4 Å². The SMILES string of the molecule is Cl.NCC(=O)NCC(=O)NC(C1CCCC1)C(F)(F)F. The Morgan fingerprint density at radius 3 is 2.20 bits per heavy atom. The summed E-state index contributed by atoms with van der Waals surface area (Å²) in [4.78, 5) is 22.2. The zero-order chi connectivity index (χ0) is 14.5. The van der Waals surface area contributed by atoms with E-state index in [-0.39, 0.29) is 19.0 Å². The van der Waals surface area contributed by atoms with E-state index in [1.165, 1.54) is 0 Å². The minimum atomic E-state index is -4.47. The van der Waals surface area contributed by atoms with Crippen LogP contribution in [0.4, 0.5) is 13.2 Å². The molecule has 1 atom stereocenters. The molecule has 0 spiro atoms. The number of hydrogen-bond donors (Lipinski definition) is 3. The van der Waals surface area contributed by atoms with E-state index in [0.29, 0.717) is 12.8 Å². The highest BCUT2D eigenvalue weighted by atomic mass is 35.5. The van der Waals surface area contributed by atoms with Crippen molar-refractivity contribution in [2.75, 3.05) is 13.1 Å². The first-order chi connectivity index (χ1) is 8.84. The van der Waals surface area contributed by atoms with Gasteiger partial charge in [0.15, 0.2) is 0 Å². The fraction of sp³-hybridized carbons (Fsp3) is 0.818. The first-order valence-corrected chi connectivity index (χ1v) is 6.17. The molecule has 9 heteroatoms. The largest absolute Gasteiger partial charge is 0.408 e. The van der Waals surface area contributed by atoms with Gasteiger partial charge in [-0.2, -0.15) is 13.2 Å². The fourth-order valence-electron chi connectivity index (χ4n) is 2.23. The predicted octanol–water partition coefficient (Wildman–Crippen LogP) is 0.720. The topological polar surface area (TPSA) is 84.2 Å². The summed E-state index contributed by atoms with van der Waals surface area (Å²) in [6.07, 6.45) is -2.06. The first kappa shape index (κ1) is 19.0. The molecule has 0 saturated heterocycles. The molecule has 1 saturated carbocycles. The van der Waals surface area contributed by atoms with Gasteiger partial charge in [0.2, 0.25) is 11.8 Å². The molecule has 1 rings (SSSR count). The van der Waals surface area contributed by atoms with E-state index in [4.69, 9.17) is 5.73 Å². The molecule has 0 aromatic heterocycles. The summed E-state index contributed by atoms with van der Waals surface area (Å²) in [5, 5.41) is 4.10. The number of alkyl halides is 3. The first-order valence-electron chi connectivity index (χ1n) is 6.17. The number of nitrogens with one attached hydrogen (secondary N) is 2. The molecule has 5 nitrogen and oxygen atoms in total. The van der Waals surface area contributed by atoms with Gasteiger partial charge in [0.25, 0.3) is 0 Å². The summed E-state index contributed by atoms with van der Waals surface area (Å²) in [6, 6.07) is -1.84. The minimum Gasteiger partial charge on any atom is -0.346 e. The van der Waals surface area contributed by atoms with Crippen molar-refractivity contribution in [1.82, 2.24) is 10.6 Å². The zero-order valence-electron chi connectivity index (χ0n) is 10.8. The Morgan fingerprint density at radius 1 is 1.20 bits per heavy atom. The van der Waals surface area contributed by atoms with Crippen molar-refractivity contribution in [2.24, 2.45) is 11.7 Å². The Kier molecular flexibility index (Phi) is 7.88. The summed E-state index contributed by atoms with van der Waals surface area (Å²) in [5.41, 5.74) is 5.00. The summed E-state index contributed by atoms with van der Waals surface area (Å²) in [6.45, 7) is -0.798. The third-order valence-electron chi connectivity index (χ3n) is 3.17. The van der Waals surface area contributed by atoms with E-state index in [0.717, 1.165) is 12.8 Å². The number of nitrogens with two attached hydrogens (primary N) is 1. The average Bonchev–Trinajstić information content (AvgIpc) is 2.84. The van der Waals surface area contributed by atoms with Gasteiger partial charge in [0.1, 0.15) is 6.04 Å². The maximum absolute atomic E-state index is 12.9. The van der Waals surface area contributed by atoms with Crippen LogP contribution in [0.5, 0.6) is 0 Å². The number of rotatable bonds is 5. The van der Waals surface area contributed by atoms with Crippen molar-refractivity contribution in [3.63, 3.8) is 0 Å². The Balaban J connectivity index is 0.00000361. The number of hydrogen-bond acceptors (Lipinski definition) is 3. The Labute approximate surface area is 121 Å². The van der Waals surface area contributed by atoms with Crippen molar-refractivity contribution >= 4 is 24.2 Å². The summed E-state index contributed by atoms with van der Waals surface area (Å²) >= 11 is 0. The van der Waals surface area contributed by atoms with Crippen LogP contribution in [-0.4, -0.2) is 37.1 Å². The fourth-order valence-corrected chi connectivity index (χ4v) is 2.23. The standard InChI is InChI=1S/C11H18F3N3O2.ClH/c12-11(13,14)10(7-3-1-2-4-7)17-9(19)6-16-8(18)5-15;/h7,10H,1-6,15H2,(H,16,18)(H,17,19);1H. The second-order valence-corrected chi connectivity index (χ2v) is 4.61. The lowest BCUT2D eigenvalue weighted by atomic mass is 9.97. The van der Waals surface area contributed by atoms with E-state index < -0.39 is 36.5 Å². The average molecular weight is 318 g/mol. The Hall–Kier alpha value is -1.02. The van der Waals surface area contributed by atoms with Crippen molar-refractivity contribution in [1.29, 1.82) is 0 Å². The molecule has 4 N–H and O–H groups in total. The Morgan fingerprint density at radius 2 is 1.75 bits per heavy atom. The van der Waals surface area contributed by atoms with Gasteiger partial charge in [-0.25, -0.2) is 0 Å². The lowest BCUT2D eigenvalue weighted by Gasteiger charge is -2.27. The molecule has 2 amide bonds. The molecule has 0 aliphatic heterocycles. The number of halogens is 4. The molecular formula is C11H19ClF3N3O2. The highest BCUT2D eigenvalue weighted by molar-refractivity contribution is 5.85. The summed E-state index contributed by atoms with van der Waals surface area (Å²) in [5.74, 6) is -2.01. The maximum Gasteiger partial charge on any atom is 0.408 e. The van der Waals surface area contributed by atoms with Gasteiger partial charge in [-0.1, -0.05) is 12.8 Å². The quantitative estimate of drug-likeness (QED) is 0.698. The molecule has 1 unspecified atom stereocenters.